The van der Waals surface area contributed by atoms with Gasteiger partial charge in [-0.3, -0.25) is 14.8 Å². The van der Waals surface area contributed by atoms with Crippen LogP contribution in [0.2, 0.25) is 0 Å². The molecule has 0 radical (unpaired) electrons. The van der Waals surface area contributed by atoms with Gasteiger partial charge in [0.25, 0.3) is 5.91 Å². The van der Waals surface area contributed by atoms with E-state index in [1.54, 1.807) is 0 Å². The molecule has 0 spiro atoms. The summed E-state index contributed by atoms with van der Waals surface area (Å²) in [4.78, 5) is 24.9. The van der Waals surface area contributed by atoms with Crippen LogP contribution >= 0.6 is 0 Å². The molecule has 4 atom stereocenters. The molecule has 1 amide bonds. The fourth-order valence-corrected chi connectivity index (χ4v) is 6.35. The highest BCUT2D eigenvalue weighted by Gasteiger charge is 2.76. The predicted molar refractivity (Wildman–Crippen MR) is 125 cm³/mol. The second-order valence-corrected chi connectivity index (χ2v) is 10.3. The van der Waals surface area contributed by atoms with Crippen molar-refractivity contribution in [3.63, 3.8) is 0 Å². The molecule has 8 rings (SSSR count). The lowest BCUT2D eigenvalue weighted by Gasteiger charge is -2.42. The zero-order chi connectivity index (χ0) is 23.8. The van der Waals surface area contributed by atoms with Crippen LogP contribution in [0.15, 0.2) is 30.5 Å². The van der Waals surface area contributed by atoms with Crippen LogP contribution in [0.4, 0.5) is 10.2 Å². The lowest BCUT2D eigenvalue weighted by molar-refractivity contribution is -0.118. The number of rotatable bonds is 6. The molecular weight excluding hydrogens is 449 g/mol. The third-order valence-electron chi connectivity index (χ3n) is 8.25. The van der Waals surface area contributed by atoms with Crippen LogP contribution in [0.5, 0.6) is 5.75 Å². The summed E-state index contributed by atoms with van der Waals surface area (Å²) in [5, 5.41) is 6.47. The van der Waals surface area contributed by atoms with E-state index in [0.29, 0.717) is 41.5 Å². The normalized spacial score (nSPS) is 30.1. The van der Waals surface area contributed by atoms with Crippen molar-refractivity contribution >= 4 is 22.8 Å². The van der Waals surface area contributed by atoms with Crippen molar-refractivity contribution in [1.82, 2.24) is 20.3 Å². The van der Waals surface area contributed by atoms with Crippen LogP contribution < -0.4 is 15.4 Å². The Morgan fingerprint density at radius 2 is 2.14 bits per heavy atom. The van der Waals surface area contributed by atoms with Crippen molar-refractivity contribution in [1.29, 1.82) is 0 Å². The number of hydrogen-bond donors (Lipinski definition) is 2. The van der Waals surface area contributed by atoms with Gasteiger partial charge in [0.05, 0.1) is 40.2 Å². The number of amides is 1. The number of aryl methyl sites for hydroxylation is 2. The maximum absolute atomic E-state index is 14.7. The Hall–Kier alpha value is -3.17. The van der Waals surface area contributed by atoms with Gasteiger partial charge in [0.1, 0.15) is 5.82 Å². The molecule has 9 heteroatoms. The summed E-state index contributed by atoms with van der Waals surface area (Å²) >= 11 is 0. The second kappa shape index (κ2) is 7.41. The monoisotopic (exact) mass is 475 g/mol. The molecule has 3 aromatic rings. The van der Waals surface area contributed by atoms with E-state index >= 15 is 0 Å². The summed E-state index contributed by atoms with van der Waals surface area (Å²) in [6, 6.07) is 7.58. The van der Waals surface area contributed by atoms with Gasteiger partial charge in [-0.25, -0.2) is 9.37 Å². The van der Waals surface area contributed by atoms with Crippen molar-refractivity contribution in [2.75, 3.05) is 11.9 Å². The molecule has 2 N–H and O–H groups in total. The van der Waals surface area contributed by atoms with E-state index in [1.807, 2.05) is 31.2 Å². The van der Waals surface area contributed by atoms with Crippen molar-refractivity contribution in [2.45, 2.75) is 62.8 Å². The Morgan fingerprint density at radius 1 is 1.23 bits per heavy atom. The Labute approximate surface area is 201 Å². The number of halogens is 1. The lowest BCUT2D eigenvalue weighted by Crippen LogP contribution is -2.49. The molecule has 4 fully saturated rings. The number of nitrogens with one attached hydrogen (secondary N) is 2. The topological polar surface area (TPSA) is 98.3 Å². The minimum absolute atomic E-state index is 0.00758. The van der Waals surface area contributed by atoms with E-state index in [-0.39, 0.29) is 35.6 Å². The van der Waals surface area contributed by atoms with Gasteiger partial charge in [0.2, 0.25) is 0 Å². The Balaban J connectivity index is 1.02. The highest BCUT2D eigenvalue weighted by Crippen LogP contribution is 2.67. The van der Waals surface area contributed by atoms with Crippen molar-refractivity contribution < 1.29 is 18.7 Å². The lowest BCUT2D eigenvalue weighted by atomic mass is 9.78. The van der Waals surface area contributed by atoms with Crippen LogP contribution in [0.1, 0.15) is 42.6 Å². The number of pyridine rings is 3. The molecule has 3 aromatic heterocycles. The fraction of sp³-hybridized carbons (Fsp3) is 0.462. The molecule has 2 saturated heterocycles. The number of aromatic nitrogens is 3. The number of ether oxygens (including phenoxy) is 2. The van der Waals surface area contributed by atoms with Gasteiger partial charge in [-0.15, -0.1) is 0 Å². The Bertz CT molecular complexity index is 1360. The van der Waals surface area contributed by atoms with E-state index in [0.717, 1.165) is 42.6 Å². The first kappa shape index (κ1) is 21.1. The van der Waals surface area contributed by atoms with E-state index in [9.17, 15) is 9.18 Å². The molecule has 2 saturated carbocycles. The smallest absolute Gasteiger partial charge is 0.263 e. The van der Waals surface area contributed by atoms with E-state index < -0.39 is 0 Å². The summed E-state index contributed by atoms with van der Waals surface area (Å²) in [7, 11) is 0. The Morgan fingerprint density at radius 3 is 2.97 bits per heavy atom. The van der Waals surface area contributed by atoms with Crippen LogP contribution in [0, 0.1) is 18.7 Å². The molecule has 8 nitrogen and oxygen atoms in total. The summed E-state index contributed by atoms with van der Waals surface area (Å²) in [6.07, 6.45) is 5.85. The van der Waals surface area contributed by atoms with Crippen LogP contribution in [0.25, 0.3) is 11.0 Å². The molecule has 6 heterocycles. The number of anilines is 1. The highest BCUT2D eigenvalue weighted by atomic mass is 19.1. The van der Waals surface area contributed by atoms with E-state index in [4.69, 9.17) is 9.47 Å². The fourth-order valence-electron chi connectivity index (χ4n) is 6.35. The highest BCUT2D eigenvalue weighted by molar-refractivity contribution is 5.94. The van der Waals surface area contributed by atoms with Crippen LogP contribution in [0.3, 0.4) is 0 Å². The van der Waals surface area contributed by atoms with E-state index in [1.165, 1.54) is 6.20 Å². The van der Waals surface area contributed by atoms with Gasteiger partial charge in [0.15, 0.2) is 18.2 Å². The molecular formula is C26H26FN5O3. The average Bonchev–Trinajstić information content (AvgIpc) is 3.31. The molecule has 4 unspecified atom stereocenters. The molecule has 0 aromatic carbocycles. The molecule has 4 bridgehead atoms. The summed E-state index contributed by atoms with van der Waals surface area (Å²) in [5.74, 6) is 1.07. The minimum Gasteiger partial charge on any atom is -0.480 e. The maximum Gasteiger partial charge on any atom is 0.263 e. The summed E-state index contributed by atoms with van der Waals surface area (Å²) < 4.78 is 26.7. The van der Waals surface area contributed by atoms with Gasteiger partial charge in [0, 0.05) is 23.7 Å². The molecule has 3 aliphatic heterocycles. The van der Waals surface area contributed by atoms with E-state index in [2.05, 4.69) is 25.6 Å². The standard InChI is InChI=1S/C26H26FN5O3/c1-14-2-4-19-22(30-14)16(18(27)12-28-19)6-7-25-8-9-26(17(10-25)23(26)35-25)29-11-15-3-5-20-24(31-15)32-21(33)13-34-20/h2-5,12,17,23,29H,6-11,13H2,1H3,(H,31,32,33). The molecule has 2 aliphatic carbocycles. The number of carbonyl (C=O) groups excluding carboxylic acids is 1. The number of hydrogen-bond acceptors (Lipinski definition) is 7. The maximum atomic E-state index is 14.7. The Kier molecular flexibility index (Phi) is 4.48. The first-order valence-electron chi connectivity index (χ1n) is 12.2. The largest absolute Gasteiger partial charge is 0.480 e. The average molecular weight is 476 g/mol. The SMILES string of the molecule is Cc1ccc2ncc(F)c(CCC34CCC5(NCc6ccc7c(n6)NC(=O)CO7)C(C3)C5O4)c2n1. The van der Waals surface area contributed by atoms with Gasteiger partial charge in [-0.05, 0) is 63.3 Å². The first-order valence-corrected chi connectivity index (χ1v) is 12.2. The number of fused-ring (bicyclic) bond motifs is 3. The second-order valence-electron chi connectivity index (χ2n) is 10.3. The summed E-state index contributed by atoms with van der Waals surface area (Å²) in [5.41, 5.74) is 3.56. The van der Waals surface area contributed by atoms with Crippen molar-refractivity contribution in [3.05, 3.63) is 53.2 Å². The van der Waals surface area contributed by atoms with Gasteiger partial charge < -0.3 is 20.1 Å². The van der Waals surface area contributed by atoms with Crippen molar-refractivity contribution in [2.24, 2.45) is 5.92 Å². The third-order valence-corrected chi connectivity index (χ3v) is 8.25. The third kappa shape index (κ3) is 3.32. The predicted octanol–water partition coefficient (Wildman–Crippen LogP) is 3.22. The molecule has 35 heavy (non-hydrogen) atoms. The number of nitrogens with zero attached hydrogens (tertiary/aromatic N) is 3. The molecule has 5 aliphatic rings. The zero-order valence-electron chi connectivity index (χ0n) is 19.4. The zero-order valence-corrected chi connectivity index (χ0v) is 19.4. The van der Waals surface area contributed by atoms with Gasteiger partial charge >= 0.3 is 0 Å². The first-order chi connectivity index (χ1) is 16.9. The van der Waals surface area contributed by atoms with Crippen molar-refractivity contribution in [3.8, 4) is 5.75 Å². The minimum atomic E-state index is -0.291. The summed E-state index contributed by atoms with van der Waals surface area (Å²) in [6.45, 7) is 2.54. The molecule has 180 valence electrons. The van der Waals surface area contributed by atoms with Gasteiger partial charge in [-0.1, -0.05) is 0 Å². The van der Waals surface area contributed by atoms with Gasteiger partial charge in [-0.2, -0.15) is 0 Å². The quantitative estimate of drug-likeness (QED) is 0.565. The number of carbonyl (C=O) groups is 1. The van der Waals surface area contributed by atoms with Crippen LogP contribution in [-0.4, -0.2) is 44.7 Å². The van der Waals surface area contributed by atoms with Crippen LogP contribution in [-0.2, 0) is 22.5 Å².